The molecule has 1 amide bonds. The largest absolute Gasteiger partial charge is 0.483 e. The molecule has 0 saturated carbocycles. The summed E-state index contributed by atoms with van der Waals surface area (Å²) in [5.74, 6) is 0.354. The molecule has 2 aromatic carbocycles. The molecule has 0 aromatic heterocycles. The third kappa shape index (κ3) is 6.08. The molecule has 27 heavy (non-hydrogen) atoms. The molecule has 0 aliphatic carbocycles. The van der Waals surface area contributed by atoms with Gasteiger partial charge < -0.3 is 10.1 Å². The van der Waals surface area contributed by atoms with Crippen LogP contribution in [0.15, 0.2) is 47.4 Å². The van der Waals surface area contributed by atoms with Gasteiger partial charge in [-0.2, -0.15) is 0 Å². The molecular weight excluding hydrogens is 364 g/mol. The van der Waals surface area contributed by atoms with Crippen molar-refractivity contribution >= 4 is 21.6 Å². The topological polar surface area (TPSA) is 84.5 Å². The summed E-state index contributed by atoms with van der Waals surface area (Å²) in [6.45, 7) is 7.46. The summed E-state index contributed by atoms with van der Waals surface area (Å²) >= 11 is 0. The first-order valence-corrected chi connectivity index (χ1v) is 10.3. The second-order valence-corrected chi connectivity index (χ2v) is 8.27. The van der Waals surface area contributed by atoms with Crippen LogP contribution >= 0.6 is 0 Å². The normalized spacial score (nSPS) is 12.4. The molecule has 0 aliphatic rings. The molecule has 0 aliphatic heterocycles. The number of hydrogen-bond donors (Lipinski definition) is 2. The molecule has 2 rings (SSSR count). The van der Waals surface area contributed by atoms with Crippen LogP contribution in [-0.2, 0) is 14.8 Å². The maximum atomic E-state index is 12.2. The molecule has 146 valence electrons. The second kappa shape index (κ2) is 9.01. The molecule has 0 bridgehead atoms. The van der Waals surface area contributed by atoms with Crippen LogP contribution in [0.5, 0.6) is 5.75 Å². The lowest BCUT2D eigenvalue weighted by Gasteiger charge is -2.13. The van der Waals surface area contributed by atoms with E-state index in [4.69, 9.17) is 4.74 Å². The molecule has 2 N–H and O–H groups in total. The quantitative estimate of drug-likeness (QED) is 0.723. The lowest BCUT2D eigenvalue weighted by Crippen LogP contribution is -2.32. The van der Waals surface area contributed by atoms with E-state index in [9.17, 15) is 13.2 Å². The van der Waals surface area contributed by atoms with Gasteiger partial charge >= 0.3 is 0 Å². The predicted octanol–water partition coefficient (Wildman–Crippen LogP) is 3.40. The van der Waals surface area contributed by atoms with Gasteiger partial charge in [0.2, 0.25) is 10.0 Å². The fourth-order valence-corrected chi connectivity index (χ4v) is 3.66. The zero-order valence-electron chi connectivity index (χ0n) is 16.1. The third-order valence-electron chi connectivity index (χ3n) is 4.12. The molecule has 6 nitrogen and oxygen atoms in total. The van der Waals surface area contributed by atoms with Crippen molar-refractivity contribution < 1.29 is 17.9 Å². The fraction of sp³-hybridized carbons (Fsp3) is 0.350. The van der Waals surface area contributed by atoms with Crippen molar-refractivity contribution in [3.63, 3.8) is 0 Å². The van der Waals surface area contributed by atoms with Crippen LogP contribution in [0.3, 0.4) is 0 Å². The van der Waals surface area contributed by atoms with Gasteiger partial charge in [0.15, 0.2) is 6.61 Å². The summed E-state index contributed by atoms with van der Waals surface area (Å²) < 4.78 is 32.6. The summed E-state index contributed by atoms with van der Waals surface area (Å²) in [7, 11) is -3.56. The number of nitrogens with one attached hydrogen (secondary N) is 2. The van der Waals surface area contributed by atoms with Crippen molar-refractivity contribution in [2.24, 2.45) is 0 Å². The molecular formula is C20H26N2O4S. The van der Waals surface area contributed by atoms with Crippen LogP contribution < -0.4 is 14.8 Å². The highest BCUT2D eigenvalue weighted by Crippen LogP contribution is 2.19. The Morgan fingerprint density at radius 3 is 2.41 bits per heavy atom. The summed E-state index contributed by atoms with van der Waals surface area (Å²) in [5.41, 5.74) is 2.52. The van der Waals surface area contributed by atoms with Gasteiger partial charge in [-0.3, -0.25) is 4.79 Å². The van der Waals surface area contributed by atoms with E-state index < -0.39 is 10.0 Å². The first-order valence-electron chi connectivity index (χ1n) is 8.83. The number of carbonyl (C=O) groups is 1. The molecule has 2 aromatic rings. The fourth-order valence-electron chi connectivity index (χ4n) is 2.34. The van der Waals surface area contributed by atoms with Gasteiger partial charge in [0.1, 0.15) is 5.75 Å². The smallest absolute Gasteiger partial charge is 0.262 e. The first-order chi connectivity index (χ1) is 12.7. The van der Waals surface area contributed by atoms with Gasteiger partial charge in [-0.15, -0.1) is 0 Å². The first kappa shape index (κ1) is 20.9. The van der Waals surface area contributed by atoms with Crippen molar-refractivity contribution in [1.82, 2.24) is 4.72 Å². The minimum absolute atomic E-state index is 0.125. The van der Waals surface area contributed by atoms with E-state index >= 15 is 0 Å². The van der Waals surface area contributed by atoms with Crippen molar-refractivity contribution in [2.45, 2.75) is 45.1 Å². The highest BCUT2D eigenvalue weighted by Gasteiger charge is 2.16. The molecule has 0 heterocycles. The summed E-state index contributed by atoms with van der Waals surface area (Å²) in [6.07, 6.45) is 0.702. The Morgan fingerprint density at radius 2 is 1.78 bits per heavy atom. The number of rotatable bonds is 8. The van der Waals surface area contributed by atoms with Crippen molar-refractivity contribution in [1.29, 1.82) is 0 Å². The van der Waals surface area contributed by atoms with Gasteiger partial charge in [-0.05, 0) is 68.7 Å². The maximum Gasteiger partial charge on any atom is 0.262 e. The number of carbonyl (C=O) groups excluding carboxylic acids is 1. The number of sulfonamides is 1. The lowest BCUT2D eigenvalue weighted by atomic mass is 10.1. The number of ether oxygens (including phenoxy) is 1. The van der Waals surface area contributed by atoms with Crippen LogP contribution in [0.2, 0.25) is 0 Å². The Bertz CT molecular complexity index is 893. The lowest BCUT2D eigenvalue weighted by molar-refractivity contribution is -0.118. The Kier molecular flexibility index (Phi) is 6.98. The monoisotopic (exact) mass is 390 g/mol. The van der Waals surface area contributed by atoms with E-state index in [1.807, 2.05) is 45.9 Å². The average Bonchev–Trinajstić information content (AvgIpc) is 2.62. The molecule has 1 unspecified atom stereocenters. The van der Waals surface area contributed by atoms with E-state index in [0.717, 1.165) is 11.1 Å². The Balaban J connectivity index is 1.95. The second-order valence-electron chi connectivity index (χ2n) is 6.56. The highest BCUT2D eigenvalue weighted by atomic mass is 32.2. The summed E-state index contributed by atoms with van der Waals surface area (Å²) in [6, 6.07) is 11.7. The number of benzene rings is 2. The van der Waals surface area contributed by atoms with Crippen LogP contribution in [0.4, 0.5) is 5.69 Å². The van der Waals surface area contributed by atoms with Gasteiger partial charge in [0, 0.05) is 11.7 Å². The molecule has 0 radical (unpaired) electrons. The number of aryl methyl sites for hydroxylation is 2. The van der Waals surface area contributed by atoms with Crippen molar-refractivity contribution in [2.75, 3.05) is 11.9 Å². The highest BCUT2D eigenvalue weighted by molar-refractivity contribution is 7.89. The predicted molar refractivity (Wildman–Crippen MR) is 107 cm³/mol. The zero-order valence-corrected chi connectivity index (χ0v) is 16.9. The SMILES string of the molecule is CCC(C)NS(=O)(=O)c1ccc(NC(=O)COc2cc(C)ccc2C)cc1. The van der Waals surface area contributed by atoms with E-state index in [1.165, 1.54) is 12.1 Å². The molecule has 0 fully saturated rings. The van der Waals surface area contributed by atoms with Crippen LogP contribution in [-0.4, -0.2) is 27.0 Å². The number of anilines is 1. The van der Waals surface area contributed by atoms with Gasteiger partial charge in [0.25, 0.3) is 5.91 Å². The van der Waals surface area contributed by atoms with Crippen molar-refractivity contribution in [3.8, 4) is 5.75 Å². The molecule has 7 heteroatoms. The maximum absolute atomic E-state index is 12.2. The number of hydrogen-bond acceptors (Lipinski definition) is 4. The van der Waals surface area contributed by atoms with Gasteiger partial charge in [0.05, 0.1) is 4.90 Å². The van der Waals surface area contributed by atoms with E-state index in [2.05, 4.69) is 10.0 Å². The van der Waals surface area contributed by atoms with Crippen LogP contribution in [0.25, 0.3) is 0 Å². The Hall–Kier alpha value is -2.38. The van der Waals surface area contributed by atoms with E-state index in [1.54, 1.807) is 12.1 Å². The minimum atomic E-state index is -3.56. The Labute approximate surface area is 161 Å². The summed E-state index contributed by atoms with van der Waals surface area (Å²) in [5, 5.41) is 2.70. The van der Waals surface area contributed by atoms with E-state index in [-0.39, 0.29) is 23.5 Å². The van der Waals surface area contributed by atoms with E-state index in [0.29, 0.717) is 17.9 Å². The average molecular weight is 391 g/mol. The van der Waals surface area contributed by atoms with Crippen molar-refractivity contribution in [3.05, 3.63) is 53.6 Å². The summed E-state index contributed by atoms with van der Waals surface area (Å²) in [4.78, 5) is 12.2. The van der Waals surface area contributed by atoms with Gasteiger partial charge in [-0.25, -0.2) is 13.1 Å². The van der Waals surface area contributed by atoms with Gasteiger partial charge in [-0.1, -0.05) is 19.1 Å². The minimum Gasteiger partial charge on any atom is -0.483 e. The molecule has 1 atom stereocenters. The van der Waals surface area contributed by atoms with Crippen LogP contribution in [0.1, 0.15) is 31.4 Å². The Morgan fingerprint density at radius 1 is 1.11 bits per heavy atom. The zero-order chi connectivity index (χ0) is 20.0. The molecule has 0 saturated heterocycles. The number of amides is 1. The standard InChI is InChI=1S/C20H26N2O4S/c1-5-16(4)22-27(24,25)18-10-8-17(9-11-18)21-20(23)13-26-19-12-14(2)6-7-15(19)3/h6-12,16,22H,5,13H2,1-4H3,(H,21,23). The molecule has 0 spiro atoms. The third-order valence-corrected chi connectivity index (χ3v) is 5.72. The van der Waals surface area contributed by atoms with Crippen LogP contribution in [0, 0.1) is 13.8 Å².